The number of rotatable bonds is 4. The molecule has 2 aromatic carbocycles. The van der Waals surface area contributed by atoms with E-state index in [9.17, 15) is 4.79 Å². The topological polar surface area (TPSA) is 65.1 Å². The van der Waals surface area contributed by atoms with Gasteiger partial charge in [-0.05, 0) is 42.3 Å². The van der Waals surface area contributed by atoms with E-state index in [0.717, 1.165) is 22.3 Å². The molecule has 5 aromatic rings. The van der Waals surface area contributed by atoms with Crippen LogP contribution in [0.3, 0.4) is 0 Å². The van der Waals surface area contributed by atoms with Gasteiger partial charge in [0.05, 0.1) is 16.6 Å². The highest BCUT2D eigenvalue weighted by molar-refractivity contribution is 7.98. The molecule has 148 valence electrons. The summed E-state index contributed by atoms with van der Waals surface area (Å²) >= 11 is 7.71. The third kappa shape index (κ3) is 3.07. The Bertz CT molecular complexity index is 1460. The minimum Gasteiger partial charge on any atom is -0.268 e. The highest BCUT2D eigenvalue weighted by atomic mass is 35.5. The van der Waals surface area contributed by atoms with Crippen molar-refractivity contribution in [3.05, 3.63) is 93.5 Å². The maximum absolute atomic E-state index is 13.4. The van der Waals surface area contributed by atoms with E-state index in [1.54, 1.807) is 10.8 Å². The SMILES string of the molecule is Cc1ccccc1-n1c(=O)c2ccccc2n2c(SCc3cccnc3Cl)nnc12. The van der Waals surface area contributed by atoms with Crippen LogP contribution in [0.2, 0.25) is 5.15 Å². The lowest BCUT2D eigenvalue weighted by Gasteiger charge is -2.13. The predicted octanol–water partition coefficient (Wildman–Crippen LogP) is 4.68. The lowest BCUT2D eigenvalue weighted by molar-refractivity contribution is 0.928. The van der Waals surface area contributed by atoms with Gasteiger partial charge in [0, 0.05) is 11.9 Å². The lowest BCUT2D eigenvalue weighted by Crippen LogP contribution is -2.22. The number of aryl methyl sites for hydroxylation is 1. The first-order valence-corrected chi connectivity index (χ1v) is 10.7. The third-order valence-corrected chi connectivity index (χ3v) is 6.26. The molecule has 0 aliphatic heterocycles. The smallest absolute Gasteiger partial charge is 0.267 e. The Kier molecular flexibility index (Phi) is 4.77. The first-order valence-electron chi connectivity index (χ1n) is 9.32. The fraction of sp³-hybridized carbons (Fsp3) is 0.0909. The molecule has 0 radical (unpaired) electrons. The Hall–Kier alpha value is -3.16. The van der Waals surface area contributed by atoms with Crippen LogP contribution in [0.15, 0.2) is 76.8 Å². The molecule has 0 atom stereocenters. The molecular weight excluding hydrogens is 418 g/mol. The number of fused-ring (bicyclic) bond motifs is 3. The van der Waals surface area contributed by atoms with E-state index in [1.807, 2.05) is 72.0 Å². The summed E-state index contributed by atoms with van der Waals surface area (Å²) in [4.78, 5) is 17.5. The highest BCUT2D eigenvalue weighted by Crippen LogP contribution is 2.27. The molecule has 30 heavy (non-hydrogen) atoms. The number of para-hydroxylation sites is 2. The zero-order chi connectivity index (χ0) is 20.7. The quantitative estimate of drug-likeness (QED) is 0.304. The normalized spacial score (nSPS) is 11.4. The van der Waals surface area contributed by atoms with Crippen LogP contribution in [-0.4, -0.2) is 24.1 Å². The summed E-state index contributed by atoms with van der Waals surface area (Å²) in [6.07, 6.45) is 1.66. The van der Waals surface area contributed by atoms with Crippen molar-refractivity contribution >= 4 is 40.0 Å². The molecule has 3 heterocycles. The number of thioether (sulfide) groups is 1. The number of hydrogen-bond acceptors (Lipinski definition) is 5. The summed E-state index contributed by atoms with van der Waals surface area (Å²) in [5.41, 5.74) is 3.34. The van der Waals surface area contributed by atoms with Gasteiger partial charge >= 0.3 is 0 Å². The Morgan fingerprint density at radius 3 is 2.63 bits per heavy atom. The second-order valence-electron chi connectivity index (χ2n) is 6.80. The zero-order valence-electron chi connectivity index (χ0n) is 16.0. The van der Waals surface area contributed by atoms with Crippen molar-refractivity contribution < 1.29 is 0 Å². The number of benzene rings is 2. The van der Waals surface area contributed by atoms with Crippen molar-refractivity contribution in [3.63, 3.8) is 0 Å². The van der Waals surface area contributed by atoms with Gasteiger partial charge < -0.3 is 0 Å². The summed E-state index contributed by atoms with van der Waals surface area (Å²) in [6.45, 7) is 1.98. The number of nitrogens with zero attached hydrogens (tertiary/aromatic N) is 5. The van der Waals surface area contributed by atoms with E-state index in [-0.39, 0.29) is 5.56 Å². The van der Waals surface area contributed by atoms with Crippen molar-refractivity contribution in [2.24, 2.45) is 0 Å². The molecule has 0 N–H and O–H groups in total. The van der Waals surface area contributed by atoms with E-state index in [0.29, 0.717) is 27.2 Å². The number of aromatic nitrogens is 5. The van der Waals surface area contributed by atoms with E-state index >= 15 is 0 Å². The van der Waals surface area contributed by atoms with Gasteiger partial charge in [0.15, 0.2) is 5.16 Å². The predicted molar refractivity (Wildman–Crippen MR) is 120 cm³/mol. The van der Waals surface area contributed by atoms with Crippen LogP contribution in [0.1, 0.15) is 11.1 Å². The fourth-order valence-corrected chi connectivity index (χ4v) is 4.66. The van der Waals surface area contributed by atoms with Gasteiger partial charge in [-0.3, -0.25) is 9.20 Å². The van der Waals surface area contributed by atoms with Crippen molar-refractivity contribution in [3.8, 4) is 5.69 Å². The van der Waals surface area contributed by atoms with Gasteiger partial charge in [-0.15, -0.1) is 10.2 Å². The first kappa shape index (κ1) is 18.8. The maximum Gasteiger partial charge on any atom is 0.267 e. The molecule has 0 aliphatic carbocycles. The average molecular weight is 434 g/mol. The second kappa shape index (κ2) is 7.59. The molecule has 0 saturated heterocycles. The molecule has 0 spiro atoms. The number of hydrogen-bond donors (Lipinski definition) is 0. The van der Waals surface area contributed by atoms with E-state index in [4.69, 9.17) is 11.6 Å². The molecule has 0 aliphatic rings. The van der Waals surface area contributed by atoms with Crippen LogP contribution in [-0.2, 0) is 5.75 Å². The van der Waals surface area contributed by atoms with E-state index in [1.165, 1.54) is 11.8 Å². The van der Waals surface area contributed by atoms with Gasteiger partial charge in [0.25, 0.3) is 5.56 Å². The van der Waals surface area contributed by atoms with Gasteiger partial charge in [0.1, 0.15) is 5.15 Å². The molecular formula is C22H16ClN5OS. The molecule has 0 amide bonds. The molecule has 0 fully saturated rings. The van der Waals surface area contributed by atoms with Crippen LogP contribution in [0, 0.1) is 6.92 Å². The second-order valence-corrected chi connectivity index (χ2v) is 8.10. The Labute approximate surface area is 181 Å². The molecule has 0 saturated carbocycles. The molecule has 6 nitrogen and oxygen atoms in total. The Morgan fingerprint density at radius 1 is 1.00 bits per heavy atom. The Balaban J connectivity index is 1.75. The van der Waals surface area contributed by atoms with Gasteiger partial charge in [-0.2, -0.15) is 0 Å². The van der Waals surface area contributed by atoms with Gasteiger partial charge in [-0.25, -0.2) is 9.55 Å². The highest BCUT2D eigenvalue weighted by Gasteiger charge is 2.19. The molecule has 5 rings (SSSR count). The molecule has 0 unspecified atom stereocenters. The van der Waals surface area contributed by atoms with Gasteiger partial charge in [-0.1, -0.05) is 59.8 Å². The van der Waals surface area contributed by atoms with Crippen LogP contribution in [0.5, 0.6) is 0 Å². The average Bonchev–Trinajstić information content (AvgIpc) is 3.18. The van der Waals surface area contributed by atoms with E-state index in [2.05, 4.69) is 15.2 Å². The first-order chi connectivity index (χ1) is 14.6. The van der Waals surface area contributed by atoms with Crippen LogP contribution in [0.25, 0.3) is 22.4 Å². The minimum absolute atomic E-state index is 0.119. The summed E-state index contributed by atoms with van der Waals surface area (Å²) in [6, 6.07) is 19.1. The summed E-state index contributed by atoms with van der Waals surface area (Å²) < 4.78 is 3.56. The Morgan fingerprint density at radius 2 is 1.80 bits per heavy atom. The largest absolute Gasteiger partial charge is 0.268 e. The molecule has 3 aromatic heterocycles. The standard InChI is InChI=1S/C22H16ClN5OS/c1-14-7-2-4-10-17(14)27-20(29)16-9-3-5-11-18(16)28-21(27)25-26-22(28)30-13-15-8-6-12-24-19(15)23/h2-12H,13H2,1H3. The number of pyridine rings is 1. The van der Waals surface area contributed by atoms with Crippen LogP contribution >= 0.6 is 23.4 Å². The summed E-state index contributed by atoms with van der Waals surface area (Å²) in [5.74, 6) is 1.07. The monoisotopic (exact) mass is 433 g/mol. The summed E-state index contributed by atoms with van der Waals surface area (Å²) in [7, 11) is 0. The minimum atomic E-state index is -0.119. The van der Waals surface area contributed by atoms with Crippen molar-refractivity contribution in [2.45, 2.75) is 17.8 Å². The van der Waals surface area contributed by atoms with E-state index < -0.39 is 0 Å². The van der Waals surface area contributed by atoms with Gasteiger partial charge in [0.2, 0.25) is 5.78 Å². The molecule has 8 heteroatoms. The maximum atomic E-state index is 13.4. The van der Waals surface area contributed by atoms with Crippen LogP contribution < -0.4 is 5.56 Å². The van der Waals surface area contributed by atoms with Crippen molar-refractivity contribution in [2.75, 3.05) is 0 Å². The zero-order valence-corrected chi connectivity index (χ0v) is 17.6. The molecule has 0 bridgehead atoms. The summed E-state index contributed by atoms with van der Waals surface area (Å²) in [5, 5.41) is 10.6. The third-order valence-electron chi connectivity index (χ3n) is 4.94. The fourth-order valence-electron chi connectivity index (χ4n) is 3.47. The van der Waals surface area contributed by atoms with Crippen molar-refractivity contribution in [1.29, 1.82) is 0 Å². The number of halogens is 1. The van der Waals surface area contributed by atoms with Crippen LogP contribution in [0.4, 0.5) is 0 Å². The lowest BCUT2D eigenvalue weighted by atomic mass is 10.2. The van der Waals surface area contributed by atoms with Crippen molar-refractivity contribution in [1.82, 2.24) is 24.1 Å².